The Hall–Kier alpha value is -0.920. The summed E-state index contributed by atoms with van der Waals surface area (Å²) in [4.78, 5) is 14.1. The summed E-state index contributed by atoms with van der Waals surface area (Å²) in [6, 6.07) is 6.67. The SMILES string of the molecule is O=C(C1CC1)N1CCC(NS(=O)(=O)c2ccccc2Br)CC1. The molecule has 1 aliphatic heterocycles. The Kier molecular flexibility index (Phi) is 4.56. The number of benzene rings is 1. The van der Waals surface area contributed by atoms with Crippen LogP contribution < -0.4 is 4.72 Å². The van der Waals surface area contributed by atoms with E-state index in [9.17, 15) is 13.2 Å². The fourth-order valence-corrected chi connectivity index (χ4v) is 5.06. The molecule has 0 unspecified atom stereocenters. The fraction of sp³-hybridized carbons (Fsp3) is 0.533. The van der Waals surface area contributed by atoms with Crippen LogP contribution in [0.1, 0.15) is 25.7 Å². The first-order chi connectivity index (χ1) is 10.5. The zero-order valence-corrected chi connectivity index (χ0v) is 14.6. The predicted octanol–water partition coefficient (Wildman–Crippen LogP) is 2.13. The Labute approximate surface area is 139 Å². The zero-order chi connectivity index (χ0) is 15.7. The molecule has 0 aromatic heterocycles. The molecule has 1 N–H and O–H groups in total. The van der Waals surface area contributed by atoms with E-state index in [0.29, 0.717) is 30.4 Å². The van der Waals surface area contributed by atoms with E-state index in [0.717, 1.165) is 12.8 Å². The molecule has 0 radical (unpaired) electrons. The molecule has 22 heavy (non-hydrogen) atoms. The molecule has 1 aromatic rings. The second-order valence-corrected chi connectivity index (χ2v) is 8.46. The first-order valence-electron chi connectivity index (χ1n) is 7.53. The van der Waals surface area contributed by atoms with Crippen molar-refractivity contribution >= 4 is 31.9 Å². The van der Waals surface area contributed by atoms with Gasteiger partial charge >= 0.3 is 0 Å². The zero-order valence-electron chi connectivity index (χ0n) is 12.2. The van der Waals surface area contributed by atoms with Crippen molar-refractivity contribution < 1.29 is 13.2 Å². The smallest absolute Gasteiger partial charge is 0.241 e. The molecule has 1 saturated carbocycles. The topological polar surface area (TPSA) is 66.5 Å². The molecule has 7 heteroatoms. The average molecular weight is 387 g/mol. The van der Waals surface area contributed by atoms with Gasteiger partial charge in [0, 0.05) is 29.5 Å². The Morgan fingerprint density at radius 3 is 2.36 bits per heavy atom. The number of hydrogen-bond donors (Lipinski definition) is 1. The minimum absolute atomic E-state index is 0.111. The lowest BCUT2D eigenvalue weighted by atomic mass is 10.1. The number of nitrogens with one attached hydrogen (secondary N) is 1. The van der Waals surface area contributed by atoms with Crippen molar-refractivity contribution in [2.75, 3.05) is 13.1 Å². The van der Waals surface area contributed by atoms with E-state index in [1.807, 2.05) is 4.90 Å². The minimum Gasteiger partial charge on any atom is -0.342 e. The van der Waals surface area contributed by atoms with Crippen molar-refractivity contribution in [3.8, 4) is 0 Å². The van der Waals surface area contributed by atoms with E-state index >= 15 is 0 Å². The van der Waals surface area contributed by atoms with Gasteiger partial charge in [-0.15, -0.1) is 0 Å². The van der Waals surface area contributed by atoms with Gasteiger partial charge in [-0.2, -0.15) is 0 Å². The molecule has 3 rings (SSSR count). The molecule has 1 aliphatic carbocycles. The molecule has 5 nitrogen and oxygen atoms in total. The molecule has 1 saturated heterocycles. The maximum Gasteiger partial charge on any atom is 0.241 e. The largest absolute Gasteiger partial charge is 0.342 e. The van der Waals surface area contributed by atoms with Crippen LogP contribution in [0.4, 0.5) is 0 Å². The number of sulfonamides is 1. The Balaban J connectivity index is 1.60. The van der Waals surface area contributed by atoms with Crippen LogP contribution in [0.5, 0.6) is 0 Å². The van der Waals surface area contributed by atoms with Crippen LogP contribution in [0.2, 0.25) is 0 Å². The molecular weight excluding hydrogens is 368 g/mol. The summed E-state index contributed by atoms with van der Waals surface area (Å²) in [5.41, 5.74) is 0. The van der Waals surface area contributed by atoms with Crippen LogP contribution in [-0.4, -0.2) is 38.4 Å². The van der Waals surface area contributed by atoms with Gasteiger partial charge in [0.05, 0.1) is 4.90 Å². The van der Waals surface area contributed by atoms with Crippen molar-refractivity contribution in [1.82, 2.24) is 9.62 Å². The lowest BCUT2D eigenvalue weighted by Gasteiger charge is -2.32. The summed E-state index contributed by atoms with van der Waals surface area (Å²) in [5, 5.41) is 0. The van der Waals surface area contributed by atoms with Gasteiger partial charge in [0.1, 0.15) is 0 Å². The van der Waals surface area contributed by atoms with Crippen molar-refractivity contribution in [2.24, 2.45) is 5.92 Å². The normalized spacial score (nSPS) is 20.1. The van der Waals surface area contributed by atoms with Crippen LogP contribution in [0.25, 0.3) is 0 Å². The van der Waals surface area contributed by atoms with Gasteiger partial charge in [0.25, 0.3) is 0 Å². The summed E-state index contributed by atoms with van der Waals surface area (Å²) in [5.74, 6) is 0.473. The monoisotopic (exact) mass is 386 g/mol. The highest BCUT2D eigenvalue weighted by Gasteiger charge is 2.35. The highest BCUT2D eigenvalue weighted by molar-refractivity contribution is 9.10. The molecule has 1 amide bonds. The van der Waals surface area contributed by atoms with Crippen molar-refractivity contribution in [3.05, 3.63) is 28.7 Å². The lowest BCUT2D eigenvalue weighted by molar-refractivity contribution is -0.133. The summed E-state index contributed by atoms with van der Waals surface area (Å²) in [7, 11) is -3.53. The molecule has 0 bridgehead atoms. The fourth-order valence-electron chi connectivity index (χ4n) is 2.75. The summed E-state index contributed by atoms with van der Waals surface area (Å²) in [6.07, 6.45) is 3.35. The third-order valence-electron chi connectivity index (χ3n) is 4.18. The molecule has 1 heterocycles. The highest BCUT2D eigenvalue weighted by Crippen LogP contribution is 2.32. The second kappa shape index (κ2) is 6.29. The van der Waals surface area contributed by atoms with E-state index in [4.69, 9.17) is 0 Å². The van der Waals surface area contributed by atoms with Gasteiger partial charge in [-0.05, 0) is 53.7 Å². The number of amides is 1. The molecule has 0 spiro atoms. The van der Waals surface area contributed by atoms with Gasteiger partial charge in [0.2, 0.25) is 15.9 Å². The van der Waals surface area contributed by atoms with E-state index in [2.05, 4.69) is 20.7 Å². The summed E-state index contributed by atoms with van der Waals surface area (Å²) < 4.78 is 28.2. The van der Waals surface area contributed by atoms with Crippen LogP contribution in [0.3, 0.4) is 0 Å². The average Bonchev–Trinajstić information content (AvgIpc) is 3.32. The van der Waals surface area contributed by atoms with E-state index in [1.165, 1.54) is 0 Å². The molecule has 0 atom stereocenters. The molecule has 2 aliphatic rings. The summed E-state index contributed by atoms with van der Waals surface area (Å²) in [6.45, 7) is 1.27. The maximum absolute atomic E-state index is 12.4. The Bertz CT molecular complexity index is 665. The van der Waals surface area contributed by atoms with E-state index < -0.39 is 10.0 Å². The van der Waals surface area contributed by atoms with Crippen LogP contribution in [0, 0.1) is 5.92 Å². The number of nitrogens with zero attached hydrogens (tertiary/aromatic N) is 1. The number of likely N-dealkylation sites (tertiary alicyclic amines) is 1. The third kappa shape index (κ3) is 3.52. The maximum atomic E-state index is 12.4. The first kappa shape index (κ1) is 16.0. The van der Waals surface area contributed by atoms with Gasteiger partial charge < -0.3 is 4.90 Å². The van der Waals surface area contributed by atoms with Crippen LogP contribution in [-0.2, 0) is 14.8 Å². The molecular formula is C15H19BrN2O3S. The Morgan fingerprint density at radius 1 is 1.14 bits per heavy atom. The van der Waals surface area contributed by atoms with Gasteiger partial charge in [-0.1, -0.05) is 12.1 Å². The number of carbonyl (C=O) groups is 1. The molecule has 1 aromatic carbocycles. The van der Waals surface area contributed by atoms with E-state index in [-0.39, 0.29) is 22.8 Å². The molecule has 120 valence electrons. The number of hydrogen-bond acceptors (Lipinski definition) is 3. The number of rotatable bonds is 4. The summed E-state index contributed by atoms with van der Waals surface area (Å²) >= 11 is 3.28. The third-order valence-corrected chi connectivity index (χ3v) is 6.71. The van der Waals surface area contributed by atoms with Gasteiger partial charge in [-0.3, -0.25) is 4.79 Å². The highest BCUT2D eigenvalue weighted by atomic mass is 79.9. The quantitative estimate of drug-likeness (QED) is 0.861. The van der Waals surface area contributed by atoms with Crippen molar-refractivity contribution in [1.29, 1.82) is 0 Å². The van der Waals surface area contributed by atoms with Gasteiger partial charge in [-0.25, -0.2) is 13.1 Å². The first-order valence-corrected chi connectivity index (χ1v) is 9.80. The van der Waals surface area contributed by atoms with Crippen molar-refractivity contribution in [3.63, 3.8) is 0 Å². The van der Waals surface area contributed by atoms with Crippen molar-refractivity contribution in [2.45, 2.75) is 36.6 Å². The Morgan fingerprint density at radius 2 is 1.77 bits per heavy atom. The number of halogens is 1. The van der Waals surface area contributed by atoms with E-state index in [1.54, 1.807) is 24.3 Å². The second-order valence-electron chi connectivity index (χ2n) is 5.93. The van der Waals surface area contributed by atoms with Crippen LogP contribution in [0.15, 0.2) is 33.6 Å². The number of piperidine rings is 1. The standard InChI is InChI=1S/C15H19BrN2O3S/c16-13-3-1-2-4-14(13)22(20,21)17-12-7-9-18(10-8-12)15(19)11-5-6-11/h1-4,11-12,17H,5-10H2. The lowest BCUT2D eigenvalue weighted by Crippen LogP contribution is -2.46. The van der Waals surface area contributed by atoms with Gasteiger partial charge in [0.15, 0.2) is 0 Å². The van der Waals surface area contributed by atoms with Crippen LogP contribution >= 0.6 is 15.9 Å². The predicted molar refractivity (Wildman–Crippen MR) is 86.8 cm³/mol. The molecule has 2 fully saturated rings. The number of carbonyl (C=O) groups excluding carboxylic acids is 1. The minimum atomic E-state index is -3.53.